The quantitative estimate of drug-likeness (QED) is 0.422. The number of benzene rings is 2. The van der Waals surface area contributed by atoms with Crippen molar-refractivity contribution in [1.29, 1.82) is 0 Å². The molecule has 0 unspecified atom stereocenters. The van der Waals surface area contributed by atoms with Crippen molar-refractivity contribution in [2.24, 2.45) is 0 Å². The summed E-state index contributed by atoms with van der Waals surface area (Å²) in [5.74, 6) is 0.854. The largest absolute Gasteiger partial charge is 0.367 e. The van der Waals surface area contributed by atoms with Gasteiger partial charge in [0.1, 0.15) is 0 Å². The first kappa shape index (κ1) is 21.5. The minimum Gasteiger partial charge on any atom is -0.367 e. The van der Waals surface area contributed by atoms with Crippen LogP contribution in [0.5, 0.6) is 0 Å². The highest BCUT2D eigenvalue weighted by atomic mass is 16.1. The average molecular weight is 445 g/mol. The molecule has 2 N–H and O–H groups in total. The molecule has 0 radical (unpaired) electrons. The van der Waals surface area contributed by atoms with E-state index in [4.69, 9.17) is 0 Å². The Bertz CT molecular complexity index is 1290. The van der Waals surface area contributed by atoms with Crippen LogP contribution in [0.3, 0.4) is 0 Å². The monoisotopic (exact) mass is 444 g/mol. The van der Waals surface area contributed by atoms with Gasteiger partial charge in [-0.05, 0) is 57.5 Å². The molecule has 33 heavy (non-hydrogen) atoms. The Morgan fingerprint density at radius 3 is 2.39 bits per heavy atom. The van der Waals surface area contributed by atoms with Crippen molar-refractivity contribution in [2.75, 3.05) is 31.5 Å². The molecule has 1 aliphatic rings. The smallest absolute Gasteiger partial charge is 0.329 e. The number of likely N-dealkylation sites (tertiary alicyclic amines) is 1. The van der Waals surface area contributed by atoms with Crippen LogP contribution in [0.1, 0.15) is 26.7 Å². The van der Waals surface area contributed by atoms with Crippen molar-refractivity contribution < 1.29 is 0 Å². The van der Waals surface area contributed by atoms with Crippen LogP contribution in [0.15, 0.2) is 53.3 Å². The number of aromatic amines is 1. The van der Waals surface area contributed by atoms with Crippen molar-refractivity contribution in [1.82, 2.24) is 24.2 Å². The van der Waals surface area contributed by atoms with E-state index in [1.54, 1.807) is 0 Å². The number of hydrogen-bond acceptors (Lipinski definition) is 4. The second-order valence-corrected chi connectivity index (χ2v) is 8.64. The van der Waals surface area contributed by atoms with Gasteiger partial charge in [-0.2, -0.15) is 5.10 Å². The number of aryl methyl sites for hydroxylation is 2. The zero-order valence-electron chi connectivity index (χ0n) is 19.5. The van der Waals surface area contributed by atoms with E-state index in [-0.39, 0.29) is 5.69 Å². The van der Waals surface area contributed by atoms with Gasteiger partial charge in [0.25, 0.3) is 0 Å². The molecule has 0 bridgehead atoms. The first-order chi connectivity index (χ1) is 16.2. The molecule has 7 nitrogen and oxygen atoms in total. The Labute approximate surface area is 194 Å². The summed E-state index contributed by atoms with van der Waals surface area (Å²) in [7, 11) is 0. The molecule has 4 aromatic rings. The van der Waals surface area contributed by atoms with Gasteiger partial charge in [-0.25, -0.2) is 4.79 Å². The van der Waals surface area contributed by atoms with Crippen molar-refractivity contribution in [2.45, 2.75) is 39.8 Å². The third-order valence-electron chi connectivity index (χ3n) is 6.69. The summed E-state index contributed by atoms with van der Waals surface area (Å²) in [6.07, 6.45) is 2.59. The summed E-state index contributed by atoms with van der Waals surface area (Å²) in [5.41, 5.74) is 6.15. The van der Waals surface area contributed by atoms with Crippen molar-refractivity contribution in [3.05, 3.63) is 59.0 Å². The molecule has 0 aliphatic carbocycles. The number of H-pyrrole nitrogens is 1. The highest BCUT2D eigenvalue weighted by molar-refractivity contribution is 5.92. The number of rotatable bonds is 8. The fourth-order valence-electron chi connectivity index (χ4n) is 4.99. The zero-order chi connectivity index (χ0) is 22.8. The average Bonchev–Trinajstić information content (AvgIpc) is 3.57. The maximum atomic E-state index is 12.9. The van der Waals surface area contributed by atoms with Crippen LogP contribution < -0.4 is 11.0 Å². The third-order valence-corrected chi connectivity index (χ3v) is 6.69. The molecule has 5 rings (SSSR count). The summed E-state index contributed by atoms with van der Waals surface area (Å²) in [5, 5.41) is 11.5. The second-order valence-electron chi connectivity index (χ2n) is 8.64. The molecule has 0 spiro atoms. The van der Waals surface area contributed by atoms with E-state index in [0.29, 0.717) is 13.1 Å². The lowest BCUT2D eigenvalue weighted by Gasteiger charge is -2.15. The van der Waals surface area contributed by atoms with Crippen LogP contribution in [0.25, 0.3) is 33.4 Å². The predicted octanol–water partition coefficient (Wildman–Crippen LogP) is 4.41. The molecule has 2 aromatic heterocycles. The normalized spacial score (nSPS) is 14.4. The Kier molecular flexibility index (Phi) is 6.05. The van der Waals surface area contributed by atoms with Crippen LogP contribution >= 0.6 is 0 Å². The lowest BCUT2D eigenvalue weighted by Crippen LogP contribution is -2.26. The zero-order valence-corrected chi connectivity index (χ0v) is 19.5. The number of hydrogen-bond donors (Lipinski definition) is 2. The Balaban J connectivity index is 1.58. The summed E-state index contributed by atoms with van der Waals surface area (Å²) < 4.78 is 3.69. The van der Waals surface area contributed by atoms with Gasteiger partial charge >= 0.3 is 5.69 Å². The molecule has 0 saturated carbocycles. The van der Waals surface area contributed by atoms with Crippen molar-refractivity contribution in [3.63, 3.8) is 0 Å². The molecule has 1 saturated heterocycles. The van der Waals surface area contributed by atoms with Gasteiger partial charge in [-0.15, -0.1) is 0 Å². The minimum atomic E-state index is 0.0478. The van der Waals surface area contributed by atoms with Gasteiger partial charge < -0.3 is 10.2 Å². The molecular formula is C26H32N6O. The van der Waals surface area contributed by atoms with Crippen LogP contribution in [-0.4, -0.2) is 50.4 Å². The molecule has 1 aliphatic heterocycles. The van der Waals surface area contributed by atoms with E-state index in [2.05, 4.69) is 50.7 Å². The van der Waals surface area contributed by atoms with Crippen LogP contribution in [0, 0.1) is 0 Å². The van der Waals surface area contributed by atoms with E-state index >= 15 is 0 Å². The summed E-state index contributed by atoms with van der Waals surface area (Å²) >= 11 is 0. The van der Waals surface area contributed by atoms with Crippen LogP contribution in [0.2, 0.25) is 0 Å². The van der Waals surface area contributed by atoms with Gasteiger partial charge in [0.2, 0.25) is 0 Å². The lowest BCUT2D eigenvalue weighted by molar-refractivity contribution is 0.352. The topological polar surface area (TPSA) is 70.9 Å². The Morgan fingerprint density at radius 2 is 1.67 bits per heavy atom. The molecular weight excluding hydrogens is 412 g/mol. The lowest BCUT2D eigenvalue weighted by atomic mass is 10.00. The molecule has 7 heteroatoms. The Morgan fingerprint density at radius 1 is 0.939 bits per heavy atom. The van der Waals surface area contributed by atoms with Gasteiger partial charge in [0.15, 0.2) is 5.82 Å². The highest BCUT2D eigenvalue weighted by Crippen LogP contribution is 2.37. The second kappa shape index (κ2) is 9.27. The molecule has 2 aromatic carbocycles. The van der Waals surface area contributed by atoms with E-state index in [9.17, 15) is 4.79 Å². The summed E-state index contributed by atoms with van der Waals surface area (Å²) in [6.45, 7) is 9.57. The molecule has 1 fully saturated rings. The fraction of sp³-hybridized carbons (Fsp3) is 0.385. The van der Waals surface area contributed by atoms with E-state index in [1.165, 1.54) is 25.9 Å². The number of aromatic nitrogens is 4. The third kappa shape index (κ3) is 3.97. The molecule has 0 atom stereocenters. The van der Waals surface area contributed by atoms with Crippen molar-refractivity contribution >= 4 is 16.9 Å². The summed E-state index contributed by atoms with van der Waals surface area (Å²) in [4.78, 5) is 15.4. The van der Waals surface area contributed by atoms with Crippen LogP contribution in [-0.2, 0) is 13.1 Å². The number of fused-ring (bicyclic) bond motifs is 1. The molecule has 0 amide bonds. The standard InChI is InChI=1S/C26H32N6O/c1-3-31-21-13-12-20(18-22(21)32(4-2)26(31)33)23-24(19-10-6-5-7-11-19)28-29-25(23)27-14-17-30-15-8-9-16-30/h5-7,10-13,18H,3-4,8-9,14-17H2,1-2H3,(H2,27,28,29). The number of anilines is 1. The fourth-order valence-corrected chi connectivity index (χ4v) is 4.99. The van der Waals surface area contributed by atoms with E-state index < -0.39 is 0 Å². The summed E-state index contributed by atoms with van der Waals surface area (Å²) in [6, 6.07) is 16.6. The van der Waals surface area contributed by atoms with E-state index in [1.807, 2.05) is 41.2 Å². The molecule has 172 valence electrons. The minimum absolute atomic E-state index is 0.0478. The SMILES string of the molecule is CCn1c(=O)n(CC)c2cc(-c3c(NCCN4CCCC4)n[nH]c3-c3ccccc3)ccc21. The van der Waals surface area contributed by atoms with Gasteiger partial charge in [-0.1, -0.05) is 36.4 Å². The first-order valence-electron chi connectivity index (χ1n) is 12.0. The highest BCUT2D eigenvalue weighted by Gasteiger charge is 2.20. The van der Waals surface area contributed by atoms with Gasteiger partial charge in [0.05, 0.1) is 22.3 Å². The van der Waals surface area contributed by atoms with E-state index in [0.717, 1.165) is 52.3 Å². The first-order valence-corrected chi connectivity index (χ1v) is 12.0. The predicted molar refractivity (Wildman–Crippen MR) is 135 cm³/mol. The maximum Gasteiger partial charge on any atom is 0.329 e. The molecule has 3 heterocycles. The van der Waals surface area contributed by atoms with Crippen LogP contribution in [0.4, 0.5) is 5.82 Å². The van der Waals surface area contributed by atoms with Gasteiger partial charge in [0, 0.05) is 31.7 Å². The maximum absolute atomic E-state index is 12.9. The number of nitrogens with zero attached hydrogens (tertiary/aromatic N) is 4. The Hall–Kier alpha value is -3.32. The van der Waals surface area contributed by atoms with Gasteiger partial charge in [-0.3, -0.25) is 14.2 Å². The number of nitrogens with one attached hydrogen (secondary N) is 2. The number of imidazole rings is 1. The van der Waals surface area contributed by atoms with Crippen molar-refractivity contribution in [3.8, 4) is 22.4 Å².